The molecule has 0 saturated heterocycles. The number of carbonyl (C=O) groups is 1. The van der Waals surface area contributed by atoms with Crippen molar-refractivity contribution >= 4 is 5.91 Å². The van der Waals surface area contributed by atoms with Gasteiger partial charge in [-0.05, 0) is 39.5 Å². The fourth-order valence-electron chi connectivity index (χ4n) is 1.62. The lowest BCUT2D eigenvalue weighted by molar-refractivity contribution is -0.144. The van der Waals surface area contributed by atoms with Crippen LogP contribution >= 0.6 is 0 Å². The van der Waals surface area contributed by atoms with Crippen molar-refractivity contribution in [2.24, 2.45) is 11.3 Å². The zero-order chi connectivity index (χ0) is 11.9. The van der Waals surface area contributed by atoms with Crippen LogP contribution in [0.25, 0.3) is 0 Å². The summed E-state index contributed by atoms with van der Waals surface area (Å²) in [5.74, 6) is 1.04. The molecule has 0 aliphatic heterocycles. The van der Waals surface area contributed by atoms with Crippen molar-refractivity contribution in [1.82, 2.24) is 4.90 Å². The van der Waals surface area contributed by atoms with Gasteiger partial charge in [0, 0.05) is 17.5 Å². The minimum absolute atomic E-state index is 0.0487. The van der Waals surface area contributed by atoms with Gasteiger partial charge in [-0.2, -0.15) is 0 Å². The summed E-state index contributed by atoms with van der Waals surface area (Å²) >= 11 is 0. The van der Waals surface area contributed by atoms with E-state index in [9.17, 15) is 4.79 Å². The molecular weight excluding hydrogens is 186 g/mol. The van der Waals surface area contributed by atoms with Gasteiger partial charge in [-0.25, -0.2) is 0 Å². The van der Waals surface area contributed by atoms with Gasteiger partial charge in [0.25, 0.3) is 0 Å². The smallest absolute Gasteiger partial charge is 0.228 e. The SMILES string of the molecule is CC(C)(C)C(=O)N(CC1CC1)C(C)(C)C. The van der Waals surface area contributed by atoms with Crippen LogP contribution in [0.5, 0.6) is 0 Å². The lowest BCUT2D eigenvalue weighted by Gasteiger charge is -2.39. The first-order valence-electron chi connectivity index (χ1n) is 5.94. The second kappa shape index (κ2) is 3.80. The van der Waals surface area contributed by atoms with Crippen LogP contribution in [0.2, 0.25) is 0 Å². The maximum absolute atomic E-state index is 12.3. The minimum Gasteiger partial charge on any atom is -0.337 e. The van der Waals surface area contributed by atoms with Crippen molar-refractivity contribution in [2.75, 3.05) is 6.54 Å². The van der Waals surface area contributed by atoms with E-state index in [1.54, 1.807) is 0 Å². The minimum atomic E-state index is -0.262. The van der Waals surface area contributed by atoms with Crippen LogP contribution in [0, 0.1) is 11.3 Å². The number of hydrogen-bond acceptors (Lipinski definition) is 1. The molecule has 0 heterocycles. The van der Waals surface area contributed by atoms with Crippen LogP contribution < -0.4 is 0 Å². The molecule has 0 aromatic carbocycles. The number of amides is 1. The second-order valence-corrected chi connectivity index (χ2v) is 6.78. The summed E-state index contributed by atoms with van der Waals surface area (Å²) in [7, 11) is 0. The van der Waals surface area contributed by atoms with Crippen LogP contribution in [0.1, 0.15) is 54.4 Å². The normalized spacial score (nSPS) is 17.7. The average molecular weight is 211 g/mol. The van der Waals surface area contributed by atoms with E-state index < -0.39 is 0 Å². The highest BCUT2D eigenvalue weighted by molar-refractivity contribution is 5.82. The van der Waals surface area contributed by atoms with Crippen molar-refractivity contribution in [3.05, 3.63) is 0 Å². The van der Waals surface area contributed by atoms with Crippen LogP contribution in [-0.2, 0) is 4.79 Å². The maximum atomic E-state index is 12.3. The highest BCUT2D eigenvalue weighted by Gasteiger charge is 2.37. The van der Waals surface area contributed by atoms with E-state index in [1.165, 1.54) is 12.8 Å². The zero-order valence-electron chi connectivity index (χ0n) is 11.1. The van der Waals surface area contributed by atoms with Gasteiger partial charge in [0.05, 0.1) is 0 Å². The molecule has 0 bridgehead atoms. The Kier molecular flexibility index (Phi) is 3.18. The molecule has 1 aliphatic carbocycles. The van der Waals surface area contributed by atoms with Gasteiger partial charge in [0.15, 0.2) is 0 Å². The third-order valence-electron chi connectivity index (χ3n) is 2.83. The predicted octanol–water partition coefficient (Wildman–Crippen LogP) is 3.07. The summed E-state index contributed by atoms with van der Waals surface area (Å²) in [5.41, 5.74) is -0.310. The van der Waals surface area contributed by atoms with Crippen molar-refractivity contribution < 1.29 is 4.79 Å². The van der Waals surface area contributed by atoms with Crippen molar-refractivity contribution in [2.45, 2.75) is 59.9 Å². The molecule has 1 saturated carbocycles. The average Bonchev–Trinajstić information content (AvgIpc) is 2.77. The molecule has 15 heavy (non-hydrogen) atoms. The largest absolute Gasteiger partial charge is 0.337 e. The molecular formula is C13H25NO. The lowest BCUT2D eigenvalue weighted by Crippen LogP contribution is -2.51. The topological polar surface area (TPSA) is 20.3 Å². The molecule has 1 amide bonds. The van der Waals surface area contributed by atoms with E-state index in [4.69, 9.17) is 0 Å². The molecule has 0 atom stereocenters. The van der Waals surface area contributed by atoms with E-state index in [2.05, 4.69) is 25.7 Å². The molecule has 2 heteroatoms. The van der Waals surface area contributed by atoms with E-state index in [0.29, 0.717) is 0 Å². The Bertz CT molecular complexity index is 240. The number of nitrogens with zero attached hydrogens (tertiary/aromatic N) is 1. The maximum Gasteiger partial charge on any atom is 0.228 e. The molecule has 1 fully saturated rings. The standard InChI is InChI=1S/C13H25NO/c1-12(2,3)11(15)14(13(4,5)6)9-10-7-8-10/h10H,7-9H2,1-6H3. The van der Waals surface area contributed by atoms with E-state index in [0.717, 1.165) is 12.5 Å². The first kappa shape index (κ1) is 12.5. The molecule has 88 valence electrons. The van der Waals surface area contributed by atoms with Gasteiger partial charge in [0.2, 0.25) is 5.91 Å². The molecule has 0 N–H and O–H groups in total. The Balaban J connectivity index is 2.75. The van der Waals surface area contributed by atoms with Crippen LogP contribution in [0.15, 0.2) is 0 Å². The zero-order valence-corrected chi connectivity index (χ0v) is 11.1. The van der Waals surface area contributed by atoms with Gasteiger partial charge in [-0.15, -0.1) is 0 Å². The summed E-state index contributed by atoms with van der Waals surface area (Å²) in [4.78, 5) is 14.4. The Morgan fingerprint density at radius 3 is 1.87 bits per heavy atom. The van der Waals surface area contributed by atoms with Crippen LogP contribution in [0.4, 0.5) is 0 Å². The van der Waals surface area contributed by atoms with Gasteiger partial charge in [-0.1, -0.05) is 20.8 Å². The third-order valence-corrected chi connectivity index (χ3v) is 2.83. The molecule has 0 aromatic heterocycles. The molecule has 0 radical (unpaired) electrons. The molecule has 1 rings (SSSR count). The summed E-state index contributed by atoms with van der Waals surface area (Å²) in [6, 6.07) is 0. The van der Waals surface area contributed by atoms with Crippen molar-refractivity contribution in [3.8, 4) is 0 Å². The van der Waals surface area contributed by atoms with E-state index in [1.807, 2.05) is 20.8 Å². The number of hydrogen-bond donors (Lipinski definition) is 0. The van der Waals surface area contributed by atoms with E-state index in [-0.39, 0.29) is 16.9 Å². The molecule has 0 aromatic rings. The number of carbonyl (C=O) groups excluding carboxylic acids is 1. The van der Waals surface area contributed by atoms with E-state index >= 15 is 0 Å². The highest BCUT2D eigenvalue weighted by Crippen LogP contribution is 2.33. The van der Waals surface area contributed by atoms with Crippen molar-refractivity contribution in [1.29, 1.82) is 0 Å². The fourth-order valence-corrected chi connectivity index (χ4v) is 1.62. The fraction of sp³-hybridized carbons (Fsp3) is 0.923. The molecule has 0 spiro atoms. The number of rotatable bonds is 2. The highest BCUT2D eigenvalue weighted by atomic mass is 16.2. The lowest BCUT2D eigenvalue weighted by atomic mass is 9.91. The Morgan fingerprint density at radius 2 is 1.60 bits per heavy atom. The molecule has 0 unspecified atom stereocenters. The predicted molar refractivity (Wildman–Crippen MR) is 63.6 cm³/mol. The summed E-state index contributed by atoms with van der Waals surface area (Å²) in [6.07, 6.45) is 2.59. The molecule has 2 nitrogen and oxygen atoms in total. The second-order valence-electron chi connectivity index (χ2n) is 6.78. The monoisotopic (exact) mass is 211 g/mol. The summed E-state index contributed by atoms with van der Waals surface area (Å²) < 4.78 is 0. The summed E-state index contributed by atoms with van der Waals surface area (Å²) in [6.45, 7) is 13.3. The van der Waals surface area contributed by atoms with Gasteiger partial charge in [0.1, 0.15) is 0 Å². The Morgan fingerprint density at radius 1 is 1.13 bits per heavy atom. The summed E-state index contributed by atoms with van der Waals surface area (Å²) in [5, 5.41) is 0. The van der Waals surface area contributed by atoms with Gasteiger partial charge in [-0.3, -0.25) is 4.79 Å². The first-order valence-corrected chi connectivity index (χ1v) is 5.94. The van der Waals surface area contributed by atoms with Crippen molar-refractivity contribution in [3.63, 3.8) is 0 Å². The first-order chi connectivity index (χ1) is 6.62. The Hall–Kier alpha value is -0.530. The van der Waals surface area contributed by atoms with Crippen LogP contribution in [-0.4, -0.2) is 22.9 Å². The third kappa shape index (κ3) is 3.51. The van der Waals surface area contributed by atoms with Crippen LogP contribution in [0.3, 0.4) is 0 Å². The Labute approximate surface area is 94.0 Å². The van der Waals surface area contributed by atoms with Gasteiger partial charge >= 0.3 is 0 Å². The molecule has 1 aliphatic rings. The van der Waals surface area contributed by atoms with Gasteiger partial charge < -0.3 is 4.90 Å². The quantitative estimate of drug-likeness (QED) is 0.687.